The maximum absolute atomic E-state index is 12.6. The molecule has 0 N–H and O–H groups in total. The molecule has 2 aliphatic heterocycles. The molecule has 2 heterocycles. The number of hydrogen-bond donors (Lipinski definition) is 0. The van der Waals surface area contributed by atoms with Gasteiger partial charge in [0, 0.05) is 11.6 Å². The smallest absolute Gasteiger partial charge is 0.279 e. The van der Waals surface area contributed by atoms with E-state index in [2.05, 4.69) is 5.10 Å². The van der Waals surface area contributed by atoms with Crippen LogP contribution in [0.15, 0.2) is 29.4 Å². The fourth-order valence-corrected chi connectivity index (χ4v) is 2.63. The van der Waals surface area contributed by atoms with Crippen LogP contribution in [0, 0.1) is 0 Å². The molecular formula is C15H19N3O2. The lowest BCUT2D eigenvalue weighted by Gasteiger charge is -2.24. The maximum atomic E-state index is 12.6. The lowest BCUT2D eigenvalue weighted by molar-refractivity contribution is -0.112. The van der Waals surface area contributed by atoms with Crippen molar-refractivity contribution in [1.82, 2.24) is 5.01 Å². The summed E-state index contributed by atoms with van der Waals surface area (Å²) >= 11 is 0. The molecule has 1 saturated heterocycles. The van der Waals surface area contributed by atoms with Crippen molar-refractivity contribution < 1.29 is 9.53 Å². The highest BCUT2D eigenvalue weighted by molar-refractivity contribution is 6.54. The number of fused-ring (bicyclic) bond motifs is 1. The number of morpholine rings is 1. The van der Waals surface area contributed by atoms with Crippen molar-refractivity contribution in [3.8, 4) is 0 Å². The number of carbonyl (C=O) groups excluding carboxylic acids is 1. The van der Waals surface area contributed by atoms with Crippen LogP contribution >= 0.6 is 0 Å². The van der Waals surface area contributed by atoms with Gasteiger partial charge in [0.05, 0.1) is 32.0 Å². The van der Waals surface area contributed by atoms with Gasteiger partial charge in [-0.25, -0.2) is 0 Å². The molecule has 0 aliphatic carbocycles. The van der Waals surface area contributed by atoms with E-state index in [4.69, 9.17) is 4.74 Å². The van der Waals surface area contributed by atoms with Crippen molar-refractivity contribution >= 4 is 17.3 Å². The molecule has 1 aromatic rings. The number of ether oxygens (including phenoxy) is 1. The number of hydrazone groups is 1. The molecule has 0 bridgehead atoms. The average molecular weight is 273 g/mol. The first kappa shape index (κ1) is 13.1. The van der Waals surface area contributed by atoms with E-state index in [0.29, 0.717) is 18.9 Å². The SMILES string of the molecule is CC(C)N1C(=O)/C(=N\N2CCOCC2)c2ccccc21. The third-order valence-electron chi connectivity index (χ3n) is 3.59. The molecule has 5 heteroatoms. The van der Waals surface area contributed by atoms with Gasteiger partial charge in [0.15, 0.2) is 5.71 Å². The predicted octanol–water partition coefficient (Wildman–Crippen LogP) is 1.48. The molecule has 20 heavy (non-hydrogen) atoms. The van der Waals surface area contributed by atoms with Crippen molar-refractivity contribution in [3.05, 3.63) is 29.8 Å². The van der Waals surface area contributed by atoms with Crippen molar-refractivity contribution in [3.63, 3.8) is 0 Å². The molecule has 0 radical (unpaired) electrons. The number of carbonyl (C=O) groups is 1. The summed E-state index contributed by atoms with van der Waals surface area (Å²) in [6, 6.07) is 7.98. The number of benzene rings is 1. The second-order valence-electron chi connectivity index (χ2n) is 5.30. The first-order valence-electron chi connectivity index (χ1n) is 7.03. The standard InChI is InChI=1S/C15H19N3O2/c1-11(2)18-13-6-4-3-5-12(13)14(15(18)19)16-17-7-9-20-10-8-17/h3-6,11H,7-10H2,1-2H3/b16-14-. The lowest BCUT2D eigenvalue weighted by atomic mass is 10.1. The van der Waals surface area contributed by atoms with Gasteiger partial charge in [-0.05, 0) is 19.9 Å². The minimum absolute atomic E-state index is 0.00677. The van der Waals surface area contributed by atoms with Crippen molar-refractivity contribution in [1.29, 1.82) is 0 Å². The summed E-state index contributed by atoms with van der Waals surface area (Å²) in [5.41, 5.74) is 2.44. The lowest BCUT2D eigenvalue weighted by Crippen LogP contribution is -2.38. The summed E-state index contributed by atoms with van der Waals surface area (Å²) in [6.07, 6.45) is 0. The van der Waals surface area contributed by atoms with Gasteiger partial charge in [-0.1, -0.05) is 18.2 Å². The third kappa shape index (κ3) is 2.18. The fourth-order valence-electron chi connectivity index (χ4n) is 2.63. The van der Waals surface area contributed by atoms with Crippen molar-refractivity contribution in [2.45, 2.75) is 19.9 Å². The summed E-state index contributed by atoms with van der Waals surface area (Å²) in [7, 11) is 0. The van der Waals surface area contributed by atoms with E-state index in [9.17, 15) is 4.79 Å². The number of para-hydroxylation sites is 1. The minimum Gasteiger partial charge on any atom is -0.378 e. The average Bonchev–Trinajstić information content (AvgIpc) is 2.73. The first-order valence-corrected chi connectivity index (χ1v) is 7.03. The molecule has 1 aromatic carbocycles. The van der Waals surface area contributed by atoms with Crippen molar-refractivity contribution in [2.24, 2.45) is 5.10 Å². The highest BCUT2D eigenvalue weighted by Crippen LogP contribution is 2.31. The summed E-state index contributed by atoms with van der Waals surface area (Å²) in [4.78, 5) is 14.4. The van der Waals surface area contributed by atoms with Crippen LogP contribution in [0.2, 0.25) is 0 Å². The molecule has 0 spiro atoms. The second kappa shape index (κ2) is 5.25. The zero-order valence-corrected chi connectivity index (χ0v) is 11.9. The highest BCUT2D eigenvalue weighted by Gasteiger charge is 2.35. The van der Waals surface area contributed by atoms with Crippen molar-refractivity contribution in [2.75, 3.05) is 31.2 Å². The van der Waals surface area contributed by atoms with E-state index in [0.717, 1.165) is 24.3 Å². The van der Waals surface area contributed by atoms with E-state index in [1.54, 1.807) is 0 Å². The van der Waals surface area contributed by atoms with Gasteiger partial charge >= 0.3 is 0 Å². The molecule has 0 aromatic heterocycles. The largest absolute Gasteiger partial charge is 0.378 e. The maximum Gasteiger partial charge on any atom is 0.279 e. The summed E-state index contributed by atoms with van der Waals surface area (Å²) in [5, 5.41) is 6.50. The molecular weight excluding hydrogens is 254 g/mol. The van der Waals surface area contributed by atoms with E-state index in [1.807, 2.05) is 48.0 Å². The Morgan fingerprint density at radius 1 is 1.20 bits per heavy atom. The van der Waals surface area contributed by atoms with E-state index in [1.165, 1.54) is 0 Å². The van der Waals surface area contributed by atoms with E-state index < -0.39 is 0 Å². The van der Waals surface area contributed by atoms with Crippen LogP contribution in [0.4, 0.5) is 5.69 Å². The van der Waals surface area contributed by atoms with Crippen LogP contribution in [-0.2, 0) is 9.53 Å². The molecule has 5 nitrogen and oxygen atoms in total. The van der Waals surface area contributed by atoms with Gasteiger partial charge < -0.3 is 9.64 Å². The Hall–Kier alpha value is -1.88. The van der Waals surface area contributed by atoms with Crippen LogP contribution < -0.4 is 4.90 Å². The predicted molar refractivity (Wildman–Crippen MR) is 78.0 cm³/mol. The molecule has 106 valence electrons. The monoisotopic (exact) mass is 273 g/mol. The molecule has 0 saturated carbocycles. The Bertz CT molecular complexity index is 548. The zero-order valence-electron chi connectivity index (χ0n) is 11.9. The molecule has 1 amide bonds. The van der Waals surface area contributed by atoms with Gasteiger partial charge in [-0.15, -0.1) is 0 Å². The van der Waals surface area contributed by atoms with Crippen LogP contribution in [0.5, 0.6) is 0 Å². The van der Waals surface area contributed by atoms with E-state index >= 15 is 0 Å². The fraction of sp³-hybridized carbons (Fsp3) is 0.467. The summed E-state index contributed by atoms with van der Waals surface area (Å²) < 4.78 is 5.31. The Labute approximate surface area is 118 Å². The van der Waals surface area contributed by atoms with Crippen LogP contribution in [-0.4, -0.2) is 49.0 Å². The van der Waals surface area contributed by atoms with Gasteiger partial charge in [-0.3, -0.25) is 9.80 Å². The van der Waals surface area contributed by atoms with Gasteiger partial charge in [0.25, 0.3) is 5.91 Å². The normalized spacial score (nSPS) is 20.9. The van der Waals surface area contributed by atoms with Gasteiger partial charge in [-0.2, -0.15) is 5.10 Å². The molecule has 0 atom stereocenters. The Morgan fingerprint density at radius 2 is 1.90 bits per heavy atom. The Kier molecular flexibility index (Phi) is 3.44. The van der Waals surface area contributed by atoms with Crippen LogP contribution in [0.25, 0.3) is 0 Å². The minimum atomic E-state index is -0.00677. The highest BCUT2D eigenvalue weighted by atomic mass is 16.5. The number of amides is 1. The zero-order chi connectivity index (χ0) is 14.1. The van der Waals surface area contributed by atoms with Gasteiger partial charge in [0.1, 0.15) is 0 Å². The first-order chi connectivity index (χ1) is 9.68. The van der Waals surface area contributed by atoms with Gasteiger partial charge in [0.2, 0.25) is 0 Å². The topological polar surface area (TPSA) is 45.1 Å². The Morgan fingerprint density at radius 3 is 2.60 bits per heavy atom. The number of rotatable bonds is 2. The van der Waals surface area contributed by atoms with Crippen LogP contribution in [0.1, 0.15) is 19.4 Å². The molecule has 1 fully saturated rings. The third-order valence-corrected chi connectivity index (χ3v) is 3.59. The van der Waals surface area contributed by atoms with Crippen LogP contribution in [0.3, 0.4) is 0 Å². The Balaban J connectivity index is 1.99. The quantitative estimate of drug-likeness (QED) is 0.820. The summed E-state index contributed by atoms with van der Waals surface area (Å²) in [6.45, 7) is 6.85. The summed E-state index contributed by atoms with van der Waals surface area (Å²) in [5.74, 6) is -0.00677. The number of hydrogen-bond acceptors (Lipinski definition) is 4. The number of nitrogens with zero attached hydrogens (tertiary/aromatic N) is 3. The second-order valence-corrected chi connectivity index (χ2v) is 5.30. The molecule has 0 unspecified atom stereocenters. The molecule has 3 rings (SSSR count). The number of anilines is 1. The molecule has 2 aliphatic rings. The van der Waals surface area contributed by atoms with E-state index in [-0.39, 0.29) is 11.9 Å².